The van der Waals surface area contributed by atoms with E-state index < -0.39 is 15.7 Å². The van der Waals surface area contributed by atoms with E-state index in [2.05, 4.69) is 10.4 Å². The van der Waals surface area contributed by atoms with Gasteiger partial charge in [-0.2, -0.15) is 5.10 Å². The predicted molar refractivity (Wildman–Crippen MR) is 110 cm³/mol. The molecule has 6 nitrogen and oxygen atoms in total. The van der Waals surface area contributed by atoms with Gasteiger partial charge in [0, 0.05) is 11.9 Å². The molecule has 1 N–H and O–H groups in total. The standard InChI is InChI=1S/C20H20ClN3O3S/c1-13-4-6-15(7-5-13)12-24-19(21)18(14(2)23-24)20(25)22-16-8-10-17(11-9-16)28(3,26)27/h4-11H,12H2,1-3H3,(H,22,25). The van der Waals surface area contributed by atoms with Gasteiger partial charge in [0.1, 0.15) is 5.15 Å². The van der Waals surface area contributed by atoms with Crippen LogP contribution in [0.5, 0.6) is 0 Å². The van der Waals surface area contributed by atoms with E-state index in [-0.39, 0.29) is 10.0 Å². The fourth-order valence-corrected chi connectivity index (χ4v) is 3.71. The highest BCUT2D eigenvalue weighted by atomic mass is 35.5. The molecule has 0 unspecified atom stereocenters. The van der Waals surface area contributed by atoms with Crippen LogP contribution in [0.1, 0.15) is 27.2 Å². The molecular weight excluding hydrogens is 398 g/mol. The van der Waals surface area contributed by atoms with Crippen molar-refractivity contribution >= 4 is 33.0 Å². The zero-order chi connectivity index (χ0) is 20.5. The molecule has 0 spiro atoms. The van der Waals surface area contributed by atoms with E-state index in [1.165, 1.54) is 24.3 Å². The maximum atomic E-state index is 12.7. The van der Waals surface area contributed by atoms with Gasteiger partial charge in [-0.25, -0.2) is 13.1 Å². The van der Waals surface area contributed by atoms with Gasteiger partial charge in [0.2, 0.25) is 0 Å². The van der Waals surface area contributed by atoms with Crippen LogP contribution in [0.3, 0.4) is 0 Å². The molecule has 2 aromatic carbocycles. The molecular formula is C20H20ClN3O3S. The number of halogens is 1. The fraction of sp³-hybridized carbons (Fsp3) is 0.200. The van der Waals surface area contributed by atoms with Gasteiger partial charge < -0.3 is 5.32 Å². The molecule has 0 fully saturated rings. The number of carbonyl (C=O) groups is 1. The number of aryl methyl sites for hydroxylation is 2. The van der Waals surface area contributed by atoms with Crippen molar-refractivity contribution in [2.24, 2.45) is 0 Å². The summed E-state index contributed by atoms with van der Waals surface area (Å²) in [6.07, 6.45) is 1.13. The van der Waals surface area contributed by atoms with E-state index in [1.54, 1.807) is 11.6 Å². The molecule has 8 heteroatoms. The molecule has 28 heavy (non-hydrogen) atoms. The summed E-state index contributed by atoms with van der Waals surface area (Å²) in [5.74, 6) is -0.398. The number of amides is 1. The van der Waals surface area contributed by atoms with Crippen molar-refractivity contribution in [1.82, 2.24) is 9.78 Å². The maximum Gasteiger partial charge on any atom is 0.260 e. The van der Waals surface area contributed by atoms with Crippen LogP contribution >= 0.6 is 11.6 Å². The van der Waals surface area contributed by atoms with Gasteiger partial charge in [-0.3, -0.25) is 4.79 Å². The lowest BCUT2D eigenvalue weighted by Crippen LogP contribution is -2.13. The number of rotatable bonds is 5. The molecule has 1 aromatic heterocycles. The second kappa shape index (κ2) is 7.77. The lowest BCUT2D eigenvalue weighted by molar-refractivity contribution is 0.102. The van der Waals surface area contributed by atoms with Crippen LogP contribution < -0.4 is 5.32 Å². The Hall–Kier alpha value is -2.64. The first kappa shape index (κ1) is 20.1. The van der Waals surface area contributed by atoms with Crippen molar-refractivity contribution in [3.8, 4) is 0 Å². The van der Waals surface area contributed by atoms with Gasteiger partial charge in [-0.1, -0.05) is 41.4 Å². The number of anilines is 1. The van der Waals surface area contributed by atoms with Gasteiger partial charge in [0.15, 0.2) is 9.84 Å². The minimum Gasteiger partial charge on any atom is -0.322 e. The molecule has 0 aliphatic heterocycles. The van der Waals surface area contributed by atoms with Crippen LogP contribution in [0.4, 0.5) is 5.69 Å². The van der Waals surface area contributed by atoms with Crippen molar-refractivity contribution in [3.63, 3.8) is 0 Å². The van der Waals surface area contributed by atoms with Gasteiger partial charge in [0.05, 0.1) is 22.7 Å². The van der Waals surface area contributed by atoms with Crippen LogP contribution in [0.2, 0.25) is 5.15 Å². The second-order valence-corrected chi connectivity index (χ2v) is 9.02. The molecule has 3 aromatic rings. The van der Waals surface area contributed by atoms with Gasteiger partial charge in [-0.15, -0.1) is 0 Å². The van der Waals surface area contributed by atoms with Gasteiger partial charge >= 0.3 is 0 Å². The van der Waals surface area contributed by atoms with Crippen molar-refractivity contribution in [3.05, 3.63) is 76.1 Å². The van der Waals surface area contributed by atoms with Crippen molar-refractivity contribution in [2.75, 3.05) is 11.6 Å². The van der Waals surface area contributed by atoms with Crippen molar-refractivity contribution in [1.29, 1.82) is 0 Å². The molecule has 1 amide bonds. The van der Waals surface area contributed by atoms with Crippen molar-refractivity contribution < 1.29 is 13.2 Å². The summed E-state index contributed by atoms with van der Waals surface area (Å²) in [6, 6.07) is 14.0. The van der Waals surface area contributed by atoms with Gasteiger partial charge in [0.25, 0.3) is 5.91 Å². The topological polar surface area (TPSA) is 81.1 Å². The Kier molecular flexibility index (Phi) is 5.58. The highest BCUT2D eigenvalue weighted by Gasteiger charge is 2.20. The number of sulfone groups is 1. The number of nitrogens with zero attached hydrogens (tertiary/aromatic N) is 2. The SMILES string of the molecule is Cc1ccc(Cn2nc(C)c(C(=O)Nc3ccc(S(C)(=O)=O)cc3)c2Cl)cc1. The van der Waals surface area contributed by atoms with E-state index in [9.17, 15) is 13.2 Å². The molecule has 0 bridgehead atoms. The molecule has 3 rings (SSSR count). The van der Waals surface area contributed by atoms with E-state index in [1.807, 2.05) is 31.2 Å². The van der Waals surface area contributed by atoms with E-state index >= 15 is 0 Å². The predicted octanol–water partition coefficient (Wildman–Crippen LogP) is 3.86. The molecule has 0 aliphatic rings. The molecule has 0 aliphatic carbocycles. The van der Waals surface area contributed by atoms with Crippen LogP contribution in [0.25, 0.3) is 0 Å². The normalized spacial score (nSPS) is 11.4. The molecule has 0 radical (unpaired) electrons. The zero-order valence-electron chi connectivity index (χ0n) is 15.7. The smallest absolute Gasteiger partial charge is 0.260 e. The summed E-state index contributed by atoms with van der Waals surface area (Å²) < 4.78 is 24.7. The monoisotopic (exact) mass is 417 g/mol. The zero-order valence-corrected chi connectivity index (χ0v) is 17.3. The second-order valence-electron chi connectivity index (χ2n) is 6.65. The quantitative estimate of drug-likeness (QED) is 0.683. The summed E-state index contributed by atoms with van der Waals surface area (Å²) in [4.78, 5) is 12.9. The number of nitrogens with one attached hydrogen (secondary N) is 1. The molecule has 0 atom stereocenters. The Morgan fingerprint density at radius 3 is 2.25 bits per heavy atom. The largest absolute Gasteiger partial charge is 0.322 e. The van der Waals surface area contributed by atoms with Crippen molar-refractivity contribution in [2.45, 2.75) is 25.3 Å². The first-order valence-corrected chi connectivity index (χ1v) is 10.8. The summed E-state index contributed by atoms with van der Waals surface area (Å²) >= 11 is 6.42. The molecule has 146 valence electrons. The number of hydrogen-bond acceptors (Lipinski definition) is 4. The van der Waals surface area contributed by atoms with Crippen LogP contribution in [0, 0.1) is 13.8 Å². The Morgan fingerprint density at radius 2 is 1.68 bits per heavy atom. The first-order valence-electron chi connectivity index (χ1n) is 8.55. The average Bonchev–Trinajstić information content (AvgIpc) is 2.90. The highest BCUT2D eigenvalue weighted by Crippen LogP contribution is 2.23. The summed E-state index contributed by atoms with van der Waals surface area (Å²) in [5, 5.41) is 7.37. The third-order valence-corrected chi connectivity index (χ3v) is 5.80. The number of hydrogen-bond donors (Lipinski definition) is 1. The lowest BCUT2D eigenvalue weighted by Gasteiger charge is -2.07. The minimum atomic E-state index is -3.29. The van der Waals surface area contributed by atoms with E-state index in [0.29, 0.717) is 23.5 Å². The van der Waals surface area contributed by atoms with Crippen LogP contribution in [-0.4, -0.2) is 30.4 Å². The Bertz CT molecular complexity index is 1120. The third-order valence-electron chi connectivity index (χ3n) is 4.29. The Morgan fingerprint density at radius 1 is 1.07 bits per heavy atom. The Labute approximate surface area is 169 Å². The summed E-state index contributed by atoms with van der Waals surface area (Å²) in [5.41, 5.74) is 3.47. The summed E-state index contributed by atoms with van der Waals surface area (Å²) in [6.45, 7) is 4.19. The molecule has 0 saturated heterocycles. The number of carbonyl (C=O) groups excluding carboxylic acids is 1. The number of aromatic nitrogens is 2. The molecule has 1 heterocycles. The lowest BCUT2D eigenvalue weighted by atomic mass is 10.1. The molecule has 0 saturated carbocycles. The highest BCUT2D eigenvalue weighted by molar-refractivity contribution is 7.90. The van der Waals surface area contributed by atoms with E-state index in [4.69, 9.17) is 11.6 Å². The third kappa shape index (κ3) is 4.43. The first-order chi connectivity index (χ1) is 13.1. The van der Waals surface area contributed by atoms with E-state index in [0.717, 1.165) is 17.4 Å². The fourth-order valence-electron chi connectivity index (χ4n) is 2.76. The van der Waals surface area contributed by atoms with Crippen LogP contribution in [0.15, 0.2) is 53.4 Å². The summed E-state index contributed by atoms with van der Waals surface area (Å²) in [7, 11) is -3.29. The number of benzene rings is 2. The Balaban J connectivity index is 1.80. The van der Waals surface area contributed by atoms with Gasteiger partial charge in [-0.05, 0) is 43.7 Å². The average molecular weight is 418 g/mol. The minimum absolute atomic E-state index is 0.186. The maximum absolute atomic E-state index is 12.7. The van der Waals surface area contributed by atoms with Crippen LogP contribution in [-0.2, 0) is 16.4 Å².